The SMILES string of the molecule is CO/C=C(\C#N)Cc1cc(C)c(OC)c(C)c1. The molecule has 0 saturated carbocycles. The molecular weight excluding hydrogens is 214 g/mol. The summed E-state index contributed by atoms with van der Waals surface area (Å²) in [5, 5.41) is 8.93. The zero-order chi connectivity index (χ0) is 12.8. The maximum absolute atomic E-state index is 8.93. The maximum Gasteiger partial charge on any atom is 0.124 e. The lowest BCUT2D eigenvalue weighted by atomic mass is 10.0. The van der Waals surface area contributed by atoms with Crippen molar-refractivity contribution in [2.45, 2.75) is 20.3 Å². The molecule has 1 aromatic rings. The Morgan fingerprint density at radius 3 is 2.29 bits per heavy atom. The zero-order valence-corrected chi connectivity index (χ0v) is 10.7. The fourth-order valence-corrected chi connectivity index (χ4v) is 1.93. The molecule has 0 unspecified atom stereocenters. The Balaban J connectivity index is 3.02. The van der Waals surface area contributed by atoms with Gasteiger partial charge in [-0.15, -0.1) is 0 Å². The molecule has 0 fully saturated rings. The quantitative estimate of drug-likeness (QED) is 0.591. The first-order valence-electron chi connectivity index (χ1n) is 5.38. The summed E-state index contributed by atoms with van der Waals surface area (Å²) in [5.74, 6) is 0.906. The molecule has 0 bridgehead atoms. The molecule has 3 heteroatoms. The lowest BCUT2D eigenvalue weighted by Crippen LogP contribution is -1.96. The van der Waals surface area contributed by atoms with E-state index in [1.807, 2.05) is 26.0 Å². The van der Waals surface area contributed by atoms with Crippen LogP contribution in [0.1, 0.15) is 16.7 Å². The van der Waals surface area contributed by atoms with E-state index in [2.05, 4.69) is 6.07 Å². The van der Waals surface area contributed by atoms with Crippen LogP contribution in [0.4, 0.5) is 0 Å². The molecule has 0 atom stereocenters. The predicted octanol–water partition coefficient (Wildman–Crippen LogP) is 2.91. The van der Waals surface area contributed by atoms with Crippen LogP contribution >= 0.6 is 0 Å². The van der Waals surface area contributed by atoms with Crippen LogP contribution in [0, 0.1) is 25.2 Å². The minimum Gasteiger partial charge on any atom is -0.503 e. The number of nitriles is 1. The summed E-state index contributed by atoms with van der Waals surface area (Å²) in [4.78, 5) is 0. The first-order chi connectivity index (χ1) is 8.12. The van der Waals surface area contributed by atoms with E-state index in [1.54, 1.807) is 14.2 Å². The molecular formula is C14H17NO2. The summed E-state index contributed by atoms with van der Waals surface area (Å²) in [7, 11) is 3.21. The second-order valence-electron chi connectivity index (χ2n) is 3.93. The minimum atomic E-state index is 0.579. The number of ether oxygens (including phenoxy) is 2. The number of allylic oxidation sites excluding steroid dienone is 1. The third-order valence-electron chi connectivity index (χ3n) is 2.52. The van der Waals surface area contributed by atoms with E-state index in [4.69, 9.17) is 14.7 Å². The molecule has 0 spiro atoms. The topological polar surface area (TPSA) is 42.2 Å². The Morgan fingerprint density at radius 1 is 1.29 bits per heavy atom. The summed E-state index contributed by atoms with van der Waals surface area (Å²) in [6, 6.07) is 6.19. The van der Waals surface area contributed by atoms with Crippen molar-refractivity contribution in [1.82, 2.24) is 0 Å². The van der Waals surface area contributed by atoms with Crippen molar-refractivity contribution < 1.29 is 9.47 Å². The van der Waals surface area contributed by atoms with E-state index in [9.17, 15) is 0 Å². The van der Waals surface area contributed by atoms with Crippen LogP contribution < -0.4 is 4.74 Å². The fraction of sp³-hybridized carbons (Fsp3) is 0.357. The molecule has 0 aliphatic rings. The number of benzene rings is 1. The summed E-state index contributed by atoms with van der Waals surface area (Å²) in [5.41, 5.74) is 3.86. The van der Waals surface area contributed by atoms with Gasteiger partial charge in [-0.2, -0.15) is 5.26 Å². The van der Waals surface area contributed by atoms with Gasteiger partial charge >= 0.3 is 0 Å². The van der Waals surface area contributed by atoms with Gasteiger partial charge in [-0.25, -0.2) is 0 Å². The lowest BCUT2D eigenvalue weighted by Gasteiger charge is -2.10. The van der Waals surface area contributed by atoms with E-state index >= 15 is 0 Å². The molecule has 1 aromatic carbocycles. The zero-order valence-electron chi connectivity index (χ0n) is 10.7. The highest BCUT2D eigenvalue weighted by atomic mass is 16.5. The second-order valence-corrected chi connectivity index (χ2v) is 3.93. The van der Waals surface area contributed by atoms with Gasteiger partial charge in [0.2, 0.25) is 0 Å². The Labute approximate surface area is 102 Å². The van der Waals surface area contributed by atoms with E-state index in [-0.39, 0.29) is 0 Å². The van der Waals surface area contributed by atoms with Gasteiger partial charge in [0.1, 0.15) is 5.75 Å². The highest BCUT2D eigenvalue weighted by Crippen LogP contribution is 2.25. The molecule has 90 valence electrons. The highest BCUT2D eigenvalue weighted by Gasteiger charge is 2.07. The molecule has 17 heavy (non-hydrogen) atoms. The largest absolute Gasteiger partial charge is 0.503 e. The first kappa shape index (κ1) is 13.1. The van der Waals surface area contributed by atoms with Crippen LogP contribution in [0.25, 0.3) is 0 Å². The highest BCUT2D eigenvalue weighted by molar-refractivity contribution is 5.45. The van der Waals surface area contributed by atoms with Crippen LogP contribution in [0.5, 0.6) is 5.75 Å². The summed E-state index contributed by atoms with van der Waals surface area (Å²) in [6.07, 6.45) is 2.06. The van der Waals surface area contributed by atoms with Crippen molar-refractivity contribution in [1.29, 1.82) is 5.26 Å². The third kappa shape index (κ3) is 3.25. The van der Waals surface area contributed by atoms with Crippen LogP contribution in [0.3, 0.4) is 0 Å². The van der Waals surface area contributed by atoms with Gasteiger partial charge in [0.25, 0.3) is 0 Å². The molecule has 3 nitrogen and oxygen atoms in total. The van der Waals surface area contributed by atoms with Gasteiger partial charge in [0.15, 0.2) is 0 Å². The van der Waals surface area contributed by atoms with Crippen molar-refractivity contribution in [2.24, 2.45) is 0 Å². The molecule has 0 aliphatic carbocycles. The van der Waals surface area contributed by atoms with Crippen molar-refractivity contribution >= 4 is 0 Å². The maximum atomic E-state index is 8.93. The lowest BCUT2D eigenvalue weighted by molar-refractivity contribution is 0.334. The van der Waals surface area contributed by atoms with Crippen molar-refractivity contribution in [3.63, 3.8) is 0 Å². The Morgan fingerprint density at radius 2 is 1.88 bits per heavy atom. The number of aryl methyl sites for hydroxylation is 2. The Hall–Kier alpha value is -1.95. The normalized spacial score (nSPS) is 10.9. The van der Waals surface area contributed by atoms with Crippen molar-refractivity contribution in [3.8, 4) is 11.8 Å². The first-order valence-corrected chi connectivity index (χ1v) is 5.38. The van der Waals surface area contributed by atoms with Crippen LogP contribution in [0.2, 0.25) is 0 Å². The third-order valence-corrected chi connectivity index (χ3v) is 2.52. The molecule has 1 rings (SSSR count). The standard InChI is InChI=1S/C14H17NO2/c1-10-5-12(6-11(2)14(10)17-4)7-13(8-15)9-16-3/h5-6,9H,7H2,1-4H3/b13-9-. The number of methoxy groups -OCH3 is 2. The van der Waals surface area contributed by atoms with E-state index in [1.165, 1.54) is 6.26 Å². The molecule has 0 aliphatic heterocycles. The van der Waals surface area contributed by atoms with Gasteiger partial charge in [-0.1, -0.05) is 12.1 Å². The van der Waals surface area contributed by atoms with Gasteiger partial charge in [-0.05, 0) is 30.5 Å². The Bertz CT molecular complexity index is 447. The van der Waals surface area contributed by atoms with Crippen LogP contribution in [-0.2, 0) is 11.2 Å². The molecule has 0 N–H and O–H groups in total. The molecule has 0 heterocycles. The molecule has 0 radical (unpaired) electrons. The summed E-state index contributed by atoms with van der Waals surface area (Å²) < 4.78 is 10.2. The second kappa shape index (κ2) is 5.95. The summed E-state index contributed by atoms with van der Waals surface area (Å²) >= 11 is 0. The number of rotatable bonds is 4. The molecule has 0 amide bonds. The van der Waals surface area contributed by atoms with Gasteiger partial charge in [0, 0.05) is 6.42 Å². The van der Waals surface area contributed by atoms with Gasteiger partial charge in [-0.3, -0.25) is 0 Å². The number of nitrogens with zero attached hydrogens (tertiary/aromatic N) is 1. The fourth-order valence-electron chi connectivity index (χ4n) is 1.93. The monoisotopic (exact) mass is 231 g/mol. The summed E-state index contributed by atoms with van der Waals surface area (Å²) in [6.45, 7) is 4.00. The molecule has 0 aromatic heterocycles. The van der Waals surface area contributed by atoms with Crippen molar-refractivity contribution in [2.75, 3.05) is 14.2 Å². The molecule has 0 saturated heterocycles. The van der Waals surface area contributed by atoms with E-state index in [0.717, 1.165) is 22.4 Å². The van der Waals surface area contributed by atoms with Gasteiger partial charge in [0.05, 0.1) is 32.1 Å². The van der Waals surface area contributed by atoms with Crippen molar-refractivity contribution in [3.05, 3.63) is 40.7 Å². The number of hydrogen-bond acceptors (Lipinski definition) is 3. The van der Waals surface area contributed by atoms with Crippen LogP contribution in [-0.4, -0.2) is 14.2 Å². The average molecular weight is 231 g/mol. The van der Waals surface area contributed by atoms with Crippen LogP contribution in [0.15, 0.2) is 24.0 Å². The van der Waals surface area contributed by atoms with Gasteiger partial charge < -0.3 is 9.47 Å². The van der Waals surface area contributed by atoms with E-state index in [0.29, 0.717) is 12.0 Å². The smallest absolute Gasteiger partial charge is 0.124 e. The predicted molar refractivity (Wildman–Crippen MR) is 66.9 cm³/mol. The minimum absolute atomic E-state index is 0.579. The Kier molecular flexibility index (Phi) is 4.59. The van der Waals surface area contributed by atoms with E-state index < -0.39 is 0 Å². The average Bonchev–Trinajstić information content (AvgIpc) is 2.28. The number of hydrogen-bond donors (Lipinski definition) is 0.